The van der Waals surface area contributed by atoms with Gasteiger partial charge < -0.3 is 4.84 Å². The number of hydrogen-bond donors (Lipinski definition) is 0. The van der Waals surface area contributed by atoms with Gasteiger partial charge in [0.05, 0.1) is 0 Å². The molecule has 0 bridgehead atoms. The molecule has 1 heterocycles. The van der Waals surface area contributed by atoms with Gasteiger partial charge in [0.25, 0.3) is 0 Å². The van der Waals surface area contributed by atoms with Crippen LogP contribution in [0.3, 0.4) is 0 Å². The van der Waals surface area contributed by atoms with Gasteiger partial charge >= 0.3 is 5.97 Å². The molecule has 1 fully saturated rings. The largest absolute Gasteiger partial charge is 0.369 e. The van der Waals surface area contributed by atoms with Crippen molar-refractivity contribution in [2.24, 2.45) is 0 Å². The molecule has 88 valence electrons. The third-order valence-corrected chi connectivity index (χ3v) is 5.18. The van der Waals surface area contributed by atoms with Crippen LogP contribution < -0.4 is 0 Å². The van der Waals surface area contributed by atoms with Gasteiger partial charge in [0.2, 0.25) is 0 Å². The first-order valence-corrected chi connectivity index (χ1v) is 7.73. The van der Waals surface area contributed by atoms with E-state index in [0.717, 1.165) is 18.1 Å². The molecule has 0 unspecified atom stereocenters. The molecule has 1 aliphatic heterocycles. The van der Waals surface area contributed by atoms with E-state index in [2.05, 4.69) is 0 Å². The summed E-state index contributed by atoms with van der Waals surface area (Å²) in [6, 6.07) is 0. The van der Waals surface area contributed by atoms with Crippen LogP contribution in [0.1, 0.15) is 32.1 Å². The molecule has 0 saturated carbocycles. The van der Waals surface area contributed by atoms with E-state index in [1.165, 1.54) is 23.7 Å². The molecule has 0 aromatic carbocycles. The predicted octanol–water partition coefficient (Wildman–Crippen LogP) is 2.72. The second kappa shape index (κ2) is 7.41. The smallest absolute Gasteiger partial charge is 0.325 e. The number of carbonyl (C=O) groups is 1. The van der Waals surface area contributed by atoms with Crippen LogP contribution in [0, 0.1) is 0 Å². The summed E-state index contributed by atoms with van der Waals surface area (Å²) in [5.74, 6) is 1.17. The summed E-state index contributed by atoms with van der Waals surface area (Å²) < 4.78 is 0. The van der Waals surface area contributed by atoms with E-state index in [4.69, 9.17) is 4.84 Å². The lowest BCUT2D eigenvalue weighted by Gasteiger charge is -2.10. The van der Waals surface area contributed by atoms with Crippen molar-refractivity contribution in [2.45, 2.75) is 37.4 Å². The van der Waals surface area contributed by atoms with Crippen LogP contribution in [0.4, 0.5) is 0 Å². The highest BCUT2D eigenvalue weighted by atomic mass is 33.1. The standard InChI is InChI=1S/C10H19NO2S2/c1-11(2)13-10(12)6-4-3-5-9-7-8-14-15-9/h9H,3-8H2,1-2H3/t9-/m1/s1. The molecule has 1 atom stereocenters. The van der Waals surface area contributed by atoms with E-state index in [0.29, 0.717) is 6.42 Å². The van der Waals surface area contributed by atoms with Gasteiger partial charge in [-0.1, -0.05) is 28.0 Å². The fraction of sp³-hybridized carbons (Fsp3) is 0.900. The number of hydroxylamine groups is 2. The maximum absolute atomic E-state index is 11.2. The number of rotatable bonds is 6. The molecule has 5 heteroatoms. The Hall–Kier alpha value is 0.130. The molecule has 0 aliphatic carbocycles. The molecule has 0 amide bonds. The number of hydrogen-bond acceptors (Lipinski definition) is 5. The Morgan fingerprint density at radius 1 is 1.47 bits per heavy atom. The number of nitrogens with zero attached hydrogens (tertiary/aromatic N) is 1. The first kappa shape index (κ1) is 13.2. The van der Waals surface area contributed by atoms with E-state index in [1.54, 1.807) is 14.1 Å². The van der Waals surface area contributed by atoms with Crippen molar-refractivity contribution in [2.75, 3.05) is 19.8 Å². The zero-order valence-corrected chi connectivity index (χ0v) is 11.0. The molecule has 3 nitrogen and oxygen atoms in total. The summed E-state index contributed by atoms with van der Waals surface area (Å²) in [5, 5.41) is 2.27. The molecule has 0 aromatic rings. The number of unbranched alkanes of at least 4 members (excludes halogenated alkanes) is 1. The third-order valence-electron chi connectivity index (χ3n) is 2.17. The summed E-state index contributed by atoms with van der Waals surface area (Å²) in [6.45, 7) is 0. The summed E-state index contributed by atoms with van der Waals surface area (Å²) in [5.41, 5.74) is 0. The zero-order valence-electron chi connectivity index (χ0n) is 9.40. The highest BCUT2D eigenvalue weighted by Crippen LogP contribution is 2.39. The van der Waals surface area contributed by atoms with Gasteiger partial charge in [-0.3, -0.25) is 4.79 Å². The number of carbonyl (C=O) groups excluding carboxylic acids is 1. The van der Waals surface area contributed by atoms with Crippen molar-refractivity contribution >= 4 is 27.6 Å². The lowest BCUT2D eigenvalue weighted by atomic mass is 10.1. The lowest BCUT2D eigenvalue weighted by molar-refractivity contribution is -0.178. The molecule has 15 heavy (non-hydrogen) atoms. The highest BCUT2D eigenvalue weighted by Gasteiger charge is 2.15. The quantitative estimate of drug-likeness (QED) is 0.410. The molecule has 0 aromatic heterocycles. The van der Waals surface area contributed by atoms with Gasteiger partial charge in [0.1, 0.15) is 0 Å². The van der Waals surface area contributed by atoms with Gasteiger partial charge in [-0.25, -0.2) is 0 Å². The van der Waals surface area contributed by atoms with Gasteiger partial charge in [0, 0.05) is 31.5 Å². The normalized spacial score (nSPS) is 20.9. The molecule has 0 N–H and O–H groups in total. The minimum atomic E-state index is -0.117. The second-order valence-electron chi connectivity index (χ2n) is 3.85. The fourth-order valence-corrected chi connectivity index (χ4v) is 4.48. The Morgan fingerprint density at radius 3 is 2.87 bits per heavy atom. The van der Waals surface area contributed by atoms with Crippen molar-refractivity contribution in [1.29, 1.82) is 0 Å². The zero-order chi connectivity index (χ0) is 11.1. The summed E-state index contributed by atoms with van der Waals surface area (Å²) in [7, 11) is 7.43. The molecule has 1 saturated heterocycles. The fourth-order valence-electron chi connectivity index (χ4n) is 1.46. The first-order valence-electron chi connectivity index (χ1n) is 5.35. The van der Waals surface area contributed by atoms with Crippen LogP contribution in [-0.4, -0.2) is 36.1 Å². The van der Waals surface area contributed by atoms with Crippen LogP contribution in [-0.2, 0) is 9.63 Å². The highest BCUT2D eigenvalue weighted by molar-refractivity contribution is 8.77. The average Bonchev–Trinajstić information content (AvgIpc) is 2.63. The van der Waals surface area contributed by atoms with E-state index in [9.17, 15) is 4.79 Å². The Labute approximate surface area is 99.7 Å². The Bertz CT molecular complexity index is 194. The average molecular weight is 249 g/mol. The first-order chi connectivity index (χ1) is 7.18. The third kappa shape index (κ3) is 6.33. The molecule has 0 radical (unpaired) electrons. The van der Waals surface area contributed by atoms with Gasteiger partial charge in [-0.15, -0.1) is 5.06 Å². The Balaban J connectivity index is 1.94. The van der Waals surface area contributed by atoms with Gasteiger partial charge in [-0.05, 0) is 19.3 Å². The molecular weight excluding hydrogens is 230 g/mol. The van der Waals surface area contributed by atoms with Crippen LogP contribution in [0.15, 0.2) is 0 Å². The van der Waals surface area contributed by atoms with E-state index < -0.39 is 0 Å². The predicted molar refractivity (Wildman–Crippen MR) is 66.7 cm³/mol. The minimum Gasteiger partial charge on any atom is -0.369 e. The van der Waals surface area contributed by atoms with Crippen molar-refractivity contribution in [3.05, 3.63) is 0 Å². The summed E-state index contributed by atoms with van der Waals surface area (Å²) >= 11 is 0. The van der Waals surface area contributed by atoms with Crippen molar-refractivity contribution < 1.29 is 9.63 Å². The Kier molecular flexibility index (Phi) is 6.52. The van der Waals surface area contributed by atoms with Crippen molar-refractivity contribution in [3.63, 3.8) is 0 Å². The summed E-state index contributed by atoms with van der Waals surface area (Å²) in [4.78, 5) is 16.1. The van der Waals surface area contributed by atoms with Crippen molar-refractivity contribution in [3.8, 4) is 0 Å². The Morgan fingerprint density at radius 2 is 2.27 bits per heavy atom. The van der Waals surface area contributed by atoms with Crippen LogP contribution >= 0.6 is 21.6 Å². The lowest BCUT2D eigenvalue weighted by Crippen LogP contribution is -2.18. The minimum absolute atomic E-state index is 0.117. The topological polar surface area (TPSA) is 29.5 Å². The second-order valence-corrected chi connectivity index (χ2v) is 6.64. The maximum Gasteiger partial charge on any atom is 0.325 e. The molecule has 1 aliphatic rings. The van der Waals surface area contributed by atoms with E-state index >= 15 is 0 Å². The maximum atomic E-state index is 11.2. The van der Waals surface area contributed by atoms with Crippen LogP contribution in [0.25, 0.3) is 0 Å². The van der Waals surface area contributed by atoms with Gasteiger partial charge in [0.15, 0.2) is 0 Å². The van der Waals surface area contributed by atoms with E-state index in [1.807, 2.05) is 21.6 Å². The van der Waals surface area contributed by atoms with Crippen molar-refractivity contribution in [1.82, 2.24) is 5.06 Å². The van der Waals surface area contributed by atoms with Crippen LogP contribution in [0.2, 0.25) is 0 Å². The molecular formula is C10H19NO2S2. The van der Waals surface area contributed by atoms with Gasteiger partial charge in [-0.2, -0.15) is 0 Å². The SMILES string of the molecule is CN(C)OC(=O)CCCC[C@@H]1CCSS1. The monoisotopic (exact) mass is 249 g/mol. The molecule has 0 spiro atoms. The molecule has 1 rings (SSSR count). The van der Waals surface area contributed by atoms with Crippen LogP contribution in [0.5, 0.6) is 0 Å². The summed E-state index contributed by atoms with van der Waals surface area (Å²) in [6.07, 6.45) is 5.21. The van der Waals surface area contributed by atoms with E-state index in [-0.39, 0.29) is 5.97 Å².